The molecule has 32 heavy (non-hydrogen) atoms. The molecule has 2 heterocycles. The molecule has 1 N–H and O–H groups in total. The Labute approximate surface area is 182 Å². The molecule has 0 spiro atoms. The maximum absolute atomic E-state index is 12.5. The second-order valence-corrected chi connectivity index (χ2v) is 7.49. The van der Waals surface area contributed by atoms with Crippen LogP contribution in [0.15, 0.2) is 58.1 Å². The first-order valence-electron chi connectivity index (χ1n) is 10.2. The second kappa shape index (κ2) is 9.01. The predicted octanol–water partition coefficient (Wildman–Crippen LogP) is 1.59. The first-order valence-corrected chi connectivity index (χ1v) is 10.2. The summed E-state index contributed by atoms with van der Waals surface area (Å²) < 4.78 is 6.33. The summed E-state index contributed by atoms with van der Waals surface area (Å²) in [4.78, 5) is 64.2. The largest absolute Gasteiger partial charge is 0.462 e. The van der Waals surface area contributed by atoms with E-state index in [1.807, 2.05) is 0 Å². The van der Waals surface area contributed by atoms with E-state index in [-0.39, 0.29) is 49.9 Å². The van der Waals surface area contributed by atoms with Crippen LogP contribution in [-0.4, -0.2) is 38.8 Å². The minimum Gasteiger partial charge on any atom is -0.462 e. The number of esters is 1. The van der Waals surface area contributed by atoms with Gasteiger partial charge in [-0.15, -0.1) is 0 Å². The predicted molar refractivity (Wildman–Crippen MR) is 115 cm³/mol. The topological polar surface area (TPSA) is 119 Å². The van der Waals surface area contributed by atoms with Crippen molar-refractivity contribution in [2.24, 2.45) is 0 Å². The van der Waals surface area contributed by atoms with E-state index in [0.717, 1.165) is 10.1 Å². The smallest absolute Gasteiger partial charge is 0.338 e. The highest BCUT2D eigenvalue weighted by Crippen LogP contribution is 2.16. The van der Waals surface area contributed by atoms with E-state index in [4.69, 9.17) is 4.74 Å². The summed E-state index contributed by atoms with van der Waals surface area (Å²) in [5.41, 5.74) is 0.646. The van der Waals surface area contributed by atoms with Gasteiger partial charge in [0.25, 0.3) is 5.56 Å². The molecular formula is C23H21N3O6. The van der Waals surface area contributed by atoms with E-state index in [9.17, 15) is 24.0 Å². The van der Waals surface area contributed by atoms with Crippen molar-refractivity contribution in [2.45, 2.75) is 32.4 Å². The van der Waals surface area contributed by atoms with E-state index < -0.39 is 11.7 Å². The third-order valence-corrected chi connectivity index (χ3v) is 5.33. The number of hydrogen-bond donors (Lipinski definition) is 1. The molecule has 164 valence electrons. The Hall–Kier alpha value is -4.01. The Balaban J connectivity index is 1.31. The number of H-pyrrole nitrogens is 1. The number of benzene rings is 2. The van der Waals surface area contributed by atoms with Crippen molar-refractivity contribution in [1.29, 1.82) is 0 Å². The lowest BCUT2D eigenvalue weighted by Gasteiger charge is -2.13. The third kappa shape index (κ3) is 4.36. The highest BCUT2D eigenvalue weighted by atomic mass is 16.5. The molecule has 1 saturated heterocycles. The number of aromatic nitrogens is 2. The zero-order valence-corrected chi connectivity index (χ0v) is 17.2. The number of nitrogens with one attached hydrogen (secondary N) is 1. The van der Waals surface area contributed by atoms with Gasteiger partial charge in [-0.1, -0.05) is 24.3 Å². The van der Waals surface area contributed by atoms with Crippen molar-refractivity contribution >= 4 is 28.7 Å². The minimum atomic E-state index is -0.537. The van der Waals surface area contributed by atoms with Crippen molar-refractivity contribution in [3.63, 3.8) is 0 Å². The number of fused-ring (bicyclic) bond motifs is 1. The van der Waals surface area contributed by atoms with Crippen molar-refractivity contribution in [1.82, 2.24) is 14.5 Å². The molecule has 2 aromatic carbocycles. The lowest BCUT2D eigenvalue weighted by atomic mass is 10.1. The van der Waals surface area contributed by atoms with Gasteiger partial charge in [-0.05, 0) is 36.2 Å². The molecule has 0 aliphatic carbocycles. The molecule has 0 bridgehead atoms. The number of amides is 2. The van der Waals surface area contributed by atoms with E-state index in [1.165, 1.54) is 4.90 Å². The molecule has 1 fully saturated rings. The number of aromatic amines is 1. The zero-order chi connectivity index (χ0) is 22.7. The maximum Gasteiger partial charge on any atom is 0.338 e. The van der Waals surface area contributed by atoms with Gasteiger partial charge in [-0.3, -0.25) is 23.9 Å². The fourth-order valence-corrected chi connectivity index (χ4v) is 3.60. The molecule has 3 aromatic rings. The van der Waals surface area contributed by atoms with Crippen LogP contribution in [0.25, 0.3) is 10.9 Å². The average Bonchev–Trinajstić information content (AvgIpc) is 3.11. The van der Waals surface area contributed by atoms with E-state index in [0.29, 0.717) is 22.9 Å². The number of carbonyl (C=O) groups is 3. The Kier molecular flexibility index (Phi) is 5.98. The maximum atomic E-state index is 12.5. The number of likely N-dealkylation sites (tertiary alicyclic amines) is 1. The molecule has 0 radical (unpaired) electrons. The number of hydrogen-bond acceptors (Lipinski definition) is 6. The molecule has 9 nitrogen and oxygen atoms in total. The molecular weight excluding hydrogens is 414 g/mol. The van der Waals surface area contributed by atoms with Gasteiger partial charge < -0.3 is 9.72 Å². The Bertz CT molecular complexity index is 1290. The van der Waals surface area contributed by atoms with Crippen LogP contribution in [0, 0.1) is 0 Å². The van der Waals surface area contributed by atoms with Gasteiger partial charge in [0.15, 0.2) is 0 Å². The van der Waals surface area contributed by atoms with Crippen LogP contribution in [0.3, 0.4) is 0 Å². The van der Waals surface area contributed by atoms with Crippen LogP contribution >= 0.6 is 0 Å². The normalized spacial score (nSPS) is 13.7. The number of para-hydroxylation sites is 1. The molecule has 2 amide bonds. The Morgan fingerprint density at radius 1 is 0.938 bits per heavy atom. The van der Waals surface area contributed by atoms with Crippen molar-refractivity contribution < 1.29 is 19.1 Å². The van der Waals surface area contributed by atoms with Crippen LogP contribution in [0.5, 0.6) is 0 Å². The monoisotopic (exact) mass is 435 g/mol. The van der Waals surface area contributed by atoms with Crippen LogP contribution < -0.4 is 11.2 Å². The first kappa shape index (κ1) is 21.2. The van der Waals surface area contributed by atoms with Gasteiger partial charge in [-0.2, -0.15) is 0 Å². The molecule has 0 atom stereocenters. The van der Waals surface area contributed by atoms with Gasteiger partial charge in [0.2, 0.25) is 11.8 Å². The van der Waals surface area contributed by atoms with E-state index in [2.05, 4.69) is 4.98 Å². The number of rotatable bonds is 7. The lowest BCUT2D eigenvalue weighted by Crippen LogP contribution is -2.35. The van der Waals surface area contributed by atoms with Crippen LogP contribution in [0.4, 0.5) is 0 Å². The fourth-order valence-electron chi connectivity index (χ4n) is 3.60. The number of imide groups is 1. The summed E-state index contributed by atoms with van der Waals surface area (Å²) >= 11 is 0. The van der Waals surface area contributed by atoms with E-state index >= 15 is 0 Å². The summed E-state index contributed by atoms with van der Waals surface area (Å²) in [5.74, 6) is -0.921. The van der Waals surface area contributed by atoms with Crippen LogP contribution in [0.2, 0.25) is 0 Å². The summed E-state index contributed by atoms with van der Waals surface area (Å²) in [6.07, 6.45) is 0.769. The van der Waals surface area contributed by atoms with E-state index in [1.54, 1.807) is 48.5 Å². The Morgan fingerprint density at radius 2 is 1.62 bits per heavy atom. The first-order chi connectivity index (χ1) is 15.4. The number of carbonyl (C=O) groups excluding carboxylic acids is 3. The lowest BCUT2D eigenvalue weighted by molar-refractivity contribution is -0.139. The molecule has 9 heteroatoms. The fraction of sp³-hybridized carbons (Fsp3) is 0.261. The standard InChI is InChI=1S/C23H21N3O6/c27-19-10-11-20(28)26(19)14-15-6-8-16(9-7-15)22(30)32-13-3-12-25-21(29)17-4-1-2-5-18(17)24-23(25)31/h1-2,4-9H,3,10-14H2,(H,24,31). The van der Waals surface area contributed by atoms with Crippen molar-refractivity contribution in [3.8, 4) is 0 Å². The Morgan fingerprint density at radius 3 is 2.34 bits per heavy atom. The summed E-state index contributed by atoms with van der Waals surface area (Å²) in [6, 6.07) is 13.2. The van der Waals surface area contributed by atoms with Gasteiger partial charge >= 0.3 is 11.7 Å². The molecule has 0 saturated carbocycles. The molecule has 1 aliphatic heterocycles. The average molecular weight is 435 g/mol. The van der Waals surface area contributed by atoms with Crippen LogP contribution in [0.1, 0.15) is 35.2 Å². The van der Waals surface area contributed by atoms with Gasteiger partial charge in [-0.25, -0.2) is 9.59 Å². The summed E-state index contributed by atoms with van der Waals surface area (Å²) in [7, 11) is 0. The zero-order valence-electron chi connectivity index (χ0n) is 17.2. The SMILES string of the molecule is O=C(OCCCn1c(=O)[nH]c2ccccc2c1=O)c1ccc(CN2C(=O)CCC2=O)cc1. The van der Waals surface area contributed by atoms with Gasteiger partial charge in [0.1, 0.15) is 0 Å². The van der Waals surface area contributed by atoms with Crippen LogP contribution in [-0.2, 0) is 27.4 Å². The quantitative estimate of drug-likeness (QED) is 0.342. The van der Waals surface area contributed by atoms with Gasteiger partial charge in [0, 0.05) is 19.4 Å². The number of ether oxygens (including phenoxy) is 1. The third-order valence-electron chi connectivity index (χ3n) is 5.33. The summed E-state index contributed by atoms with van der Waals surface area (Å²) in [5, 5.41) is 0.418. The summed E-state index contributed by atoms with van der Waals surface area (Å²) in [6.45, 7) is 0.335. The molecule has 1 aromatic heterocycles. The van der Waals surface area contributed by atoms with Crippen molar-refractivity contribution in [2.75, 3.05) is 6.61 Å². The second-order valence-electron chi connectivity index (χ2n) is 7.49. The molecule has 0 unspecified atom stereocenters. The molecule has 4 rings (SSSR count). The highest BCUT2D eigenvalue weighted by Gasteiger charge is 2.28. The van der Waals surface area contributed by atoms with Gasteiger partial charge in [0.05, 0.1) is 29.6 Å². The molecule has 1 aliphatic rings. The minimum absolute atomic E-state index is 0.0378. The highest BCUT2D eigenvalue weighted by molar-refractivity contribution is 6.01. The number of nitrogens with zero attached hydrogens (tertiary/aromatic N) is 2. The van der Waals surface area contributed by atoms with Crippen molar-refractivity contribution in [3.05, 3.63) is 80.5 Å².